The summed E-state index contributed by atoms with van der Waals surface area (Å²) in [4.78, 5) is 11.8. The SMILES string of the molecule is CCCCNC(=O)CC1(CN)CCCCC1.Cl. The van der Waals surface area contributed by atoms with Gasteiger partial charge in [0.15, 0.2) is 0 Å². The number of carbonyl (C=O) groups excluding carboxylic acids is 1. The molecule has 0 aromatic heterocycles. The lowest BCUT2D eigenvalue weighted by Crippen LogP contribution is -2.38. The predicted molar refractivity (Wildman–Crippen MR) is 74.4 cm³/mol. The summed E-state index contributed by atoms with van der Waals surface area (Å²) in [6, 6.07) is 0. The molecule has 0 spiro atoms. The molecule has 1 saturated carbocycles. The Balaban J connectivity index is 0.00000256. The maximum Gasteiger partial charge on any atom is 0.220 e. The van der Waals surface area contributed by atoms with Crippen molar-refractivity contribution < 1.29 is 4.79 Å². The molecule has 0 heterocycles. The molecule has 0 aromatic carbocycles. The van der Waals surface area contributed by atoms with E-state index in [4.69, 9.17) is 5.73 Å². The van der Waals surface area contributed by atoms with Crippen LogP contribution in [0.5, 0.6) is 0 Å². The van der Waals surface area contributed by atoms with Gasteiger partial charge in [-0.1, -0.05) is 32.6 Å². The van der Waals surface area contributed by atoms with Crippen molar-refractivity contribution in [3.05, 3.63) is 0 Å². The van der Waals surface area contributed by atoms with Crippen molar-refractivity contribution in [2.75, 3.05) is 13.1 Å². The van der Waals surface area contributed by atoms with E-state index < -0.39 is 0 Å². The zero-order valence-electron chi connectivity index (χ0n) is 11.0. The molecule has 0 aliphatic heterocycles. The summed E-state index contributed by atoms with van der Waals surface area (Å²) in [7, 11) is 0. The van der Waals surface area contributed by atoms with Gasteiger partial charge in [0.2, 0.25) is 5.91 Å². The van der Waals surface area contributed by atoms with Gasteiger partial charge in [0.1, 0.15) is 0 Å². The number of nitrogens with one attached hydrogen (secondary N) is 1. The van der Waals surface area contributed by atoms with E-state index in [1.807, 2.05) is 0 Å². The highest BCUT2D eigenvalue weighted by atomic mass is 35.5. The van der Waals surface area contributed by atoms with Crippen molar-refractivity contribution in [1.82, 2.24) is 5.32 Å². The first-order valence-corrected chi connectivity index (χ1v) is 6.69. The van der Waals surface area contributed by atoms with Crippen LogP contribution >= 0.6 is 12.4 Å². The van der Waals surface area contributed by atoms with Gasteiger partial charge in [-0.3, -0.25) is 4.79 Å². The second-order valence-corrected chi connectivity index (χ2v) is 5.15. The second kappa shape index (κ2) is 8.76. The van der Waals surface area contributed by atoms with Crippen LogP contribution < -0.4 is 11.1 Å². The lowest BCUT2D eigenvalue weighted by atomic mass is 9.71. The second-order valence-electron chi connectivity index (χ2n) is 5.15. The first-order valence-electron chi connectivity index (χ1n) is 6.69. The molecule has 0 aromatic rings. The topological polar surface area (TPSA) is 55.1 Å². The van der Waals surface area contributed by atoms with E-state index in [2.05, 4.69) is 12.2 Å². The summed E-state index contributed by atoms with van der Waals surface area (Å²) < 4.78 is 0. The van der Waals surface area contributed by atoms with Crippen LogP contribution in [0.25, 0.3) is 0 Å². The molecule has 17 heavy (non-hydrogen) atoms. The summed E-state index contributed by atoms with van der Waals surface area (Å²) >= 11 is 0. The van der Waals surface area contributed by atoms with Gasteiger partial charge in [0.05, 0.1) is 0 Å². The Bertz CT molecular complexity index is 215. The van der Waals surface area contributed by atoms with Crippen LogP contribution in [0.4, 0.5) is 0 Å². The molecule has 3 N–H and O–H groups in total. The Morgan fingerprint density at radius 1 is 1.29 bits per heavy atom. The molecular formula is C13H27ClN2O. The van der Waals surface area contributed by atoms with Gasteiger partial charge < -0.3 is 11.1 Å². The van der Waals surface area contributed by atoms with E-state index in [0.717, 1.165) is 32.2 Å². The first-order chi connectivity index (χ1) is 7.72. The quantitative estimate of drug-likeness (QED) is 0.723. The van der Waals surface area contributed by atoms with Gasteiger partial charge >= 0.3 is 0 Å². The molecule has 1 fully saturated rings. The summed E-state index contributed by atoms with van der Waals surface area (Å²) in [5.74, 6) is 0.195. The van der Waals surface area contributed by atoms with Crippen LogP contribution in [0.2, 0.25) is 0 Å². The lowest BCUT2D eigenvalue weighted by Gasteiger charge is -2.35. The van der Waals surface area contributed by atoms with Crippen LogP contribution in [0, 0.1) is 5.41 Å². The first kappa shape index (κ1) is 16.7. The number of hydrogen-bond donors (Lipinski definition) is 2. The van der Waals surface area contributed by atoms with Gasteiger partial charge in [0, 0.05) is 13.0 Å². The number of halogens is 1. The molecule has 1 aliphatic carbocycles. The molecule has 0 saturated heterocycles. The van der Waals surface area contributed by atoms with E-state index in [0.29, 0.717) is 13.0 Å². The maximum absolute atomic E-state index is 11.8. The molecule has 3 nitrogen and oxygen atoms in total. The van der Waals surface area contributed by atoms with Gasteiger partial charge in [0.25, 0.3) is 0 Å². The molecule has 4 heteroatoms. The Kier molecular flexibility index (Phi) is 8.61. The minimum absolute atomic E-state index is 0. The number of carbonyl (C=O) groups is 1. The van der Waals surface area contributed by atoms with Crippen LogP contribution in [0.15, 0.2) is 0 Å². The third-order valence-corrected chi connectivity index (χ3v) is 3.74. The zero-order valence-corrected chi connectivity index (χ0v) is 11.8. The number of amides is 1. The normalized spacial score (nSPS) is 18.2. The van der Waals surface area contributed by atoms with Crippen LogP contribution in [0.1, 0.15) is 58.3 Å². The molecule has 0 atom stereocenters. The average Bonchev–Trinajstić information content (AvgIpc) is 2.30. The Morgan fingerprint density at radius 2 is 1.94 bits per heavy atom. The summed E-state index contributed by atoms with van der Waals surface area (Å²) in [5, 5.41) is 3.00. The van der Waals surface area contributed by atoms with E-state index in [9.17, 15) is 4.79 Å². The minimum Gasteiger partial charge on any atom is -0.356 e. The number of hydrogen-bond acceptors (Lipinski definition) is 2. The molecular weight excluding hydrogens is 236 g/mol. The van der Waals surface area contributed by atoms with Crippen LogP contribution in [-0.4, -0.2) is 19.0 Å². The van der Waals surface area contributed by atoms with Gasteiger partial charge in [-0.15, -0.1) is 12.4 Å². The monoisotopic (exact) mass is 262 g/mol. The van der Waals surface area contributed by atoms with Gasteiger partial charge in [-0.2, -0.15) is 0 Å². The third-order valence-electron chi connectivity index (χ3n) is 3.74. The molecule has 0 radical (unpaired) electrons. The molecule has 102 valence electrons. The third kappa shape index (κ3) is 5.73. The summed E-state index contributed by atoms with van der Waals surface area (Å²) in [5.41, 5.74) is 5.97. The van der Waals surface area contributed by atoms with Crippen LogP contribution in [0.3, 0.4) is 0 Å². The molecule has 0 bridgehead atoms. The van der Waals surface area contributed by atoms with Crippen molar-refractivity contribution in [2.24, 2.45) is 11.1 Å². The summed E-state index contributed by atoms with van der Waals surface area (Å²) in [6.45, 7) is 3.61. The van der Waals surface area contributed by atoms with E-state index in [1.165, 1.54) is 19.3 Å². The number of rotatable bonds is 6. The average molecular weight is 263 g/mol. The van der Waals surface area contributed by atoms with Crippen molar-refractivity contribution >= 4 is 18.3 Å². The molecule has 1 rings (SSSR count). The zero-order chi connectivity index (χ0) is 11.9. The molecule has 0 unspecified atom stereocenters. The highest BCUT2D eigenvalue weighted by molar-refractivity contribution is 5.85. The smallest absolute Gasteiger partial charge is 0.220 e. The highest BCUT2D eigenvalue weighted by Gasteiger charge is 2.32. The van der Waals surface area contributed by atoms with Gasteiger partial charge in [-0.05, 0) is 31.2 Å². The largest absolute Gasteiger partial charge is 0.356 e. The number of unbranched alkanes of at least 4 members (excludes halogenated alkanes) is 1. The molecule has 1 amide bonds. The van der Waals surface area contributed by atoms with E-state index >= 15 is 0 Å². The molecule has 1 aliphatic rings. The van der Waals surface area contributed by atoms with E-state index in [-0.39, 0.29) is 23.7 Å². The van der Waals surface area contributed by atoms with Crippen molar-refractivity contribution in [2.45, 2.75) is 58.3 Å². The minimum atomic E-state index is 0. The standard InChI is InChI=1S/C13H26N2O.ClH/c1-2-3-9-15-12(16)10-13(11-14)7-5-4-6-8-13;/h2-11,14H2,1H3,(H,15,16);1H. The van der Waals surface area contributed by atoms with Crippen molar-refractivity contribution in [1.29, 1.82) is 0 Å². The predicted octanol–water partition coefficient (Wildman–Crippen LogP) is 2.62. The Labute approximate surface area is 111 Å². The number of nitrogens with two attached hydrogens (primary N) is 1. The fraction of sp³-hybridized carbons (Fsp3) is 0.923. The van der Waals surface area contributed by atoms with Gasteiger partial charge in [-0.25, -0.2) is 0 Å². The highest BCUT2D eigenvalue weighted by Crippen LogP contribution is 2.38. The Morgan fingerprint density at radius 3 is 2.47 bits per heavy atom. The van der Waals surface area contributed by atoms with Crippen LogP contribution in [-0.2, 0) is 4.79 Å². The fourth-order valence-corrected chi connectivity index (χ4v) is 2.56. The Hall–Kier alpha value is -0.280. The fourth-order valence-electron chi connectivity index (χ4n) is 2.56. The van der Waals surface area contributed by atoms with E-state index in [1.54, 1.807) is 0 Å². The lowest BCUT2D eigenvalue weighted by molar-refractivity contribution is -0.123. The summed E-state index contributed by atoms with van der Waals surface area (Å²) in [6.07, 6.45) is 8.87. The van der Waals surface area contributed by atoms with Crippen molar-refractivity contribution in [3.63, 3.8) is 0 Å². The van der Waals surface area contributed by atoms with Crippen molar-refractivity contribution in [3.8, 4) is 0 Å². The maximum atomic E-state index is 11.8.